The van der Waals surface area contributed by atoms with Crippen LogP contribution in [0.1, 0.15) is 104 Å². The molecule has 4 aromatic carbocycles. The Morgan fingerprint density at radius 3 is 1.22 bits per heavy atom. The Morgan fingerprint density at radius 2 is 0.867 bits per heavy atom. The van der Waals surface area contributed by atoms with E-state index >= 15 is 0 Å². The molecular formula is C53H64O5Si2. The zero-order valence-corrected chi connectivity index (χ0v) is 38.7. The fourth-order valence-electron chi connectivity index (χ4n) is 8.32. The van der Waals surface area contributed by atoms with E-state index in [0.29, 0.717) is 50.2 Å². The van der Waals surface area contributed by atoms with Crippen molar-refractivity contribution in [1.82, 2.24) is 0 Å². The molecule has 0 amide bonds. The molecule has 7 heteroatoms. The van der Waals surface area contributed by atoms with Gasteiger partial charge in [-0.1, -0.05) is 163 Å². The molecule has 1 aromatic heterocycles. The van der Waals surface area contributed by atoms with Crippen LogP contribution in [-0.2, 0) is 21.7 Å². The van der Waals surface area contributed by atoms with Gasteiger partial charge in [-0.3, -0.25) is 0 Å². The maximum atomic E-state index is 12.8. The second-order valence-electron chi connectivity index (χ2n) is 17.5. The predicted octanol–water partition coefficient (Wildman–Crippen LogP) is 9.71. The summed E-state index contributed by atoms with van der Waals surface area (Å²) in [5.74, 6) is 13.8. The molecule has 0 aliphatic carbocycles. The summed E-state index contributed by atoms with van der Waals surface area (Å²) in [6.07, 6.45) is 7.10. The number of benzene rings is 4. The molecule has 0 saturated heterocycles. The minimum Gasteiger partial charge on any atom is -0.507 e. The summed E-state index contributed by atoms with van der Waals surface area (Å²) < 4.78 is 19.5. The molecule has 314 valence electrons. The van der Waals surface area contributed by atoms with Gasteiger partial charge in [0.25, 0.3) is 16.6 Å². The highest BCUT2D eigenvalue weighted by Crippen LogP contribution is 2.38. The molecule has 0 atom stereocenters. The quantitative estimate of drug-likeness (QED) is 0.0541. The summed E-state index contributed by atoms with van der Waals surface area (Å²) in [6.45, 7) is 14.8. The van der Waals surface area contributed by atoms with Crippen molar-refractivity contribution in [3.8, 4) is 29.4 Å². The summed E-state index contributed by atoms with van der Waals surface area (Å²) in [5, 5.41) is 15.7. The topological polar surface area (TPSA) is 68.9 Å². The van der Waals surface area contributed by atoms with E-state index in [0.717, 1.165) is 38.5 Å². The van der Waals surface area contributed by atoms with Crippen LogP contribution < -0.4 is 26.4 Å². The van der Waals surface area contributed by atoms with E-state index in [2.05, 4.69) is 187 Å². The smallest absolute Gasteiger partial charge is 0.342 e. The van der Waals surface area contributed by atoms with Gasteiger partial charge in [-0.2, -0.15) is 0 Å². The van der Waals surface area contributed by atoms with Crippen molar-refractivity contribution >= 4 is 37.4 Å². The Labute approximate surface area is 361 Å². The standard InChI is InChI=1S/C53H64O5Si2/c1-52(2,3)59(45-32-20-15-21-33-45,46-34-22-16-23-35-46)56-41-29-13-9-7-11-19-31-44-43-50(54)49(51(55)58-44)40-28-12-8-10-14-30-42-57-60(53(4,5)6,47-36-24-17-25-37-47)48-38-26-18-27-39-48/h15-18,20-27,32-39,43,54H,7-8,11-12,19,28-31,40-42H2,1-6H3. The van der Waals surface area contributed by atoms with Crippen LogP contribution in [0.3, 0.4) is 0 Å². The van der Waals surface area contributed by atoms with Crippen molar-refractivity contribution < 1.29 is 18.4 Å². The maximum Gasteiger partial charge on any atom is 0.342 e. The van der Waals surface area contributed by atoms with E-state index in [9.17, 15) is 9.90 Å². The number of unbranched alkanes of at least 4 members (excludes halogenated alkanes) is 4. The van der Waals surface area contributed by atoms with Crippen LogP contribution in [0, 0.1) is 23.7 Å². The van der Waals surface area contributed by atoms with Gasteiger partial charge in [-0.05, 0) is 62.9 Å². The van der Waals surface area contributed by atoms with Gasteiger partial charge < -0.3 is 18.4 Å². The summed E-state index contributed by atoms with van der Waals surface area (Å²) in [7, 11) is -5.12. The highest BCUT2D eigenvalue weighted by Gasteiger charge is 2.51. The van der Waals surface area contributed by atoms with E-state index < -0.39 is 22.3 Å². The zero-order valence-electron chi connectivity index (χ0n) is 36.7. The zero-order chi connectivity index (χ0) is 42.9. The molecule has 5 aromatic rings. The highest BCUT2D eigenvalue weighted by molar-refractivity contribution is 7.00. The molecule has 1 N–H and O–H groups in total. The van der Waals surface area contributed by atoms with Crippen molar-refractivity contribution in [2.75, 3.05) is 13.2 Å². The molecule has 0 radical (unpaired) electrons. The second kappa shape index (κ2) is 22.1. The molecule has 60 heavy (non-hydrogen) atoms. The first-order valence-corrected chi connectivity index (χ1v) is 25.5. The minimum atomic E-state index is -2.57. The van der Waals surface area contributed by atoms with Gasteiger partial charge >= 0.3 is 5.63 Å². The molecule has 5 rings (SSSR count). The first kappa shape index (κ1) is 46.2. The fourth-order valence-corrected chi connectivity index (χ4v) is 17.4. The van der Waals surface area contributed by atoms with Gasteiger partial charge in [0.1, 0.15) is 11.5 Å². The average Bonchev–Trinajstić information content (AvgIpc) is 3.23. The fraction of sp³-hybridized carbons (Fsp3) is 0.377. The molecule has 0 unspecified atom stereocenters. The van der Waals surface area contributed by atoms with Gasteiger partial charge in [-0.15, -0.1) is 23.7 Å². The SMILES string of the molecule is CC(C)(C)[Si](OCCC#CCCCCc1cc(O)c(CCCCC#CCCO[Si](c2ccccc2)(c2ccccc2)C(C)(C)C)c(=O)o1)(c1ccccc1)c1ccccc1. The molecule has 0 saturated carbocycles. The molecule has 0 fully saturated rings. The second-order valence-corrected chi connectivity index (χ2v) is 26.1. The first-order valence-electron chi connectivity index (χ1n) is 21.7. The van der Waals surface area contributed by atoms with E-state index in [1.54, 1.807) is 6.07 Å². The molecule has 0 aliphatic rings. The highest BCUT2D eigenvalue weighted by atomic mass is 28.4. The number of hydrogen-bond acceptors (Lipinski definition) is 5. The normalized spacial score (nSPS) is 12.0. The average molecular weight is 837 g/mol. The molecular weight excluding hydrogens is 773 g/mol. The summed E-state index contributed by atoms with van der Waals surface area (Å²) >= 11 is 0. The predicted molar refractivity (Wildman–Crippen MR) is 254 cm³/mol. The minimum absolute atomic E-state index is 0.0218. The van der Waals surface area contributed by atoms with Gasteiger partial charge in [0.05, 0.1) is 5.56 Å². The van der Waals surface area contributed by atoms with Crippen molar-refractivity contribution in [2.45, 2.75) is 116 Å². The van der Waals surface area contributed by atoms with Gasteiger partial charge in [0.2, 0.25) is 0 Å². The Bertz CT molecular complexity index is 2160. The van der Waals surface area contributed by atoms with Gasteiger partial charge in [0, 0.05) is 51.4 Å². The third kappa shape index (κ3) is 11.7. The van der Waals surface area contributed by atoms with Crippen LogP contribution in [-0.4, -0.2) is 35.0 Å². The number of hydrogen-bond donors (Lipinski definition) is 1. The van der Waals surface area contributed by atoms with Crippen molar-refractivity contribution in [1.29, 1.82) is 0 Å². The third-order valence-electron chi connectivity index (χ3n) is 11.2. The van der Waals surface area contributed by atoms with Crippen LogP contribution >= 0.6 is 0 Å². The lowest BCUT2D eigenvalue weighted by Crippen LogP contribution is -2.66. The first-order chi connectivity index (χ1) is 28.9. The van der Waals surface area contributed by atoms with E-state index in [1.807, 2.05) is 0 Å². The van der Waals surface area contributed by atoms with E-state index in [4.69, 9.17) is 13.3 Å². The Morgan fingerprint density at radius 1 is 0.517 bits per heavy atom. The van der Waals surface area contributed by atoms with Crippen LogP contribution in [0.15, 0.2) is 137 Å². The molecule has 1 heterocycles. The Hall–Kier alpha value is -4.90. The summed E-state index contributed by atoms with van der Waals surface area (Å²) in [6, 6.07) is 44.3. The lowest BCUT2D eigenvalue weighted by atomic mass is 10.1. The molecule has 0 bridgehead atoms. The summed E-state index contributed by atoms with van der Waals surface area (Å²) in [4.78, 5) is 12.8. The molecule has 5 nitrogen and oxygen atoms in total. The molecule has 0 spiro atoms. The van der Waals surface area contributed by atoms with Crippen molar-refractivity contribution in [3.05, 3.63) is 149 Å². The lowest BCUT2D eigenvalue weighted by Gasteiger charge is -2.43. The molecule has 0 aliphatic heterocycles. The van der Waals surface area contributed by atoms with Crippen LogP contribution in [0.5, 0.6) is 5.75 Å². The number of aromatic hydroxyl groups is 1. The maximum absolute atomic E-state index is 12.8. The van der Waals surface area contributed by atoms with Crippen molar-refractivity contribution in [2.24, 2.45) is 0 Å². The Kier molecular flexibility index (Phi) is 17.0. The summed E-state index contributed by atoms with van der Waals surface area (Å²) in [5.41, 5.74) is -0.103. The van der Waals surface area contributed by atoms with Crippen molar-refractivity contribution in [3.63, 3.8) is 0 Å². The Balaban J connectivity index is 1.03. The van der Waals surface area contributed by atoms with Gasteiger partial charge in [0.15, 0.2) is 0 Å². The monoisotopic (exact) mass is 836 g/mol. The van der Waals surface area contributed by atoms with Crippen LogP contribution in [0.2, 0.25) is 10.1 Å². The number of rotatable bonds is 18. The number of aryl methyl sites for hydroxylation is 1. The lowest BCUT2D eigenvalue weighted by molar-refractivity contribution is 0.306. The van der Waals surface area contributed by atoms with E-state index in [1.165, 1.54) is 20.7 Å². The van der Waals surface area contributed by atoms with Crippen LogP contribution in [0.4, 0.5) is 0 Å². The van der Waals surface area contributed by atoms with Crippen LogP contribution in [0.25, 0.3) is 0 Å². The van der Waals surface area contributed by atoms with E-state index in [-0.39, 0.29) is 15.8 Å². The van der Waals surface area contributed by atoms with Gasteiger partial charge in [-0.25, -0.2) is 4.79 Å². The third-order valence-corrected chi connectivity index (χ3v) is 21.3. The largest absolute Gasteiger partial charge is 0.507 e.